The smallest absolute Gasteiger partial charge is 0.249 e. The van der Waals surface area contributed by atoms with Crippen molar-refractivity contribution in [1.82, 2.24) is 8.97 Å². The fourth-order valence-corrected chi connectivity index (χ4v) is 9.27. The first-order valence-corrected chi connectivity index (χ1v) is 15.5. The van der Waals surface area contributed by atoms with Crippen LogP contribution in [0.15, 0.2) is 125 Å². The molecule has 8 aromatic rings. The summed E-state index contributed by atoms with van der Waals surface area (Å²) in [5, 5.41) is 3.99. The van der Waals surface area contributed by atoms with Crippen LogP contribution in [0.3, 0.4) is 0 Å². The van der Waals surface area contributed by atoms with Gasteiger partial charge in [0, 0.05) is 26.4 Å². The van der Waals surface area contributed by atoms with E-state index in [4.69, 9.17) is 0 Å². The van der Waals surface area contributed by atoms with Gasteiger partial charge in [0.1, 0.15) is 5.65 Å². The normalized spacial score (nSPS) is 13.3. The van der Waals surface area contributed by atoms with E-state index in [2.05, 4.69) is 138 Å². The first kappa shape index (κ1) is 23.0. The molecule has 6 aromatic carbocycles. The molecule has 42 heavy (non-hydrogen) atoms. The Morgan fingerprint density at radius 3 is 2.24 bits per heavy atom. The maximum atomic E-state index is 2.58. The lowest BCUT2D eigenvalue weighted by Crippen LogP contribution is -2.58. The van der Waals surface area contributed by atoms with Crippen molar-refractivity contribution >= 4 is 73.2 Å². The lowest BCUT2D eigenvalue weighted by Gasteiger charge is -2.34. The number of nitrogens with zero attached hydrogens (tertiary/aromatic N) is 2. The number of para-hydroxylation sites is 2. The Balaban J connectivity index is 1.40. The highest BCUT2D eigenvalue weighted by molar-refractivity contribution is 8.00. The van der Waals surface area contributed by atoms with Gasteiger partial charge in [-0.3, -0.25) is 8.97 Å². The second-order valence-electron chi connectivity index (χ2n) is 11.8. The summed E-state index contributed by atoms with van der Waals surface area (Å²) in [5.41, 5.74) is 16.0. The molecule has 0 saturated heterocycles. The Kier molecular flexibility index (Phi) is 4.37. The fourth-order valence-electron chi connectivity index (χ4n) is 7.89. The number of benzene rings is 6. The minimum Gasteiger partial charge on any atom is -0.295 e. The quantitative estimate of drug-likeness (QED) is 0.189. The minimum atomic E-state index is 0.168. The highest BCUT2D eigenvalue weighted by Crippen LogP contribution is 2.43. The Labute approximate surface area is 248 Å². The van der Waals surface area contributed by atoms with Crippen LogP contribution in [0.25, 0.3) is 55.2 Å². The zero-order chi connectivity index (χ0) is 27.7. The molecular formula is C38H25BN2S. The van der Waals surface area contributed by atoms with Gasteiger partial charge in [0.25, 0.3) is 0 Å². The van der Waals surface area contributed by atoms with Gasteiger partial charge < -0.3 is 0 Å². The summed E-state index contributed by atoms with van der Waals surface area (Å²) >= 11 is 1.96. The number of hydrogen-bond acceptors (Lipinski definition) is 1. The van der Waals surface area contributed by atoms with E-state index in [9.17, 15) is 0 Å². The molecule has 2 nitrogen and oxygen atoms in total. The molecule has 4 heterocycles. The Hall–Kier alpha value is -4.67. The molecule has 2 aliphatic rings. The maximum absolute atomic E-state index is 2.58. The van der Waals surface area contributed by atoms with Crippen molar-refractivity contribution in [2.45, 2.75) is 23.6 Å². The summed E-state index contributed by atoms with van der Waals surface area (Å²) in [5.74, 6) is 0. The Bertz CT molecular complexity index is 2470. The van der Waals surface area contributed by atoms with Crippen LogP contribution < -0.4 is 16.4 Å². The molecule has 4 heteroatoms. The largest absolute Gasteiger partial charge is 0.295 e. The second-order valence-corrected chi connectivity index (χ2v) is 12.9. The van der Waals surface area contributed by atoms with Gasteiger partial charge in [-0.1, -0.05) is 108 Å². The van der Waals surface area contributed by atoms with Gasteiger partial charge in [-0.25, -0.2) is 0 Å². The average molecular weight is 553 g/mol. The molecule has 0 saturated carbocycles. The van der Waals surface area contributed by atoms with E-state index >= 15 is 0 Å². The van der Waals surface area contributed by atoms with Gasteiger partial charge in [0.15, 0.2) is 0 Å². The third kappa shape index (κ3) is 2.74. The average Bonchev–Trinajstić information content (AvgIpc) is 3.53. The second kappa shape index (κ2) is 7.99. The van der Waals surface area contributed by atoms with Gasteiger partial charge in [-0.15, -0.1) is 0 Å². The summed E-state index contributed by atoms with van der Waals surface area (Å²) in [4.78, 5) is 2.77. The van der Waals surface area contributed by atoms with Crippen LogP contribution in [-0.2, 0) is 0 Å². The van der Waals surface area contributed by atoms with Gasteiger partial charge in [0.05, 0.1) is 16.6 Å². The van der Waals surface area contributed by atoms with Crippen LogP contribution in [0.5, 0.6) is 0 Å². The van der Waals surface area contributed by atoms with Crippen molar-refractivity contribution in [3.05, 3.63) is 126 Å². The number of aromatic nitrogens is 2. The monoisotopic (exact) mass is 552 g/mol. The van der Waals surface area contributed by atoms with Gasteiger partial charge in [0.2, 0.25) is 6.71 Å². The molecule has 0 atom stereocenters. The van der Waals surface area contributed by atoms with Crippen molar-refractivity contribution in [1.29, 1.82) is 0 Å². The molecule has 0 N–H and O–H groups in total. The zero-order valence-electron chi connectivity index (χ0n) is 23.3. The highest BCUT2D eigenvalue weighted by atomic mass is 32.2. The first-order valence-electron chi connectivity index (χ1n) is 14.7. The van der Waals surface area contributed by atoms with E-state index < -0.39 is 0 Å². The molecule has 10 rings (SSSR count). The predicted molar refractivity (Wildman–Crippen MR) is 179 cm³/mol. The van der Waals surface area contributed by atoms with E-state index in [0.717, 1.165) is 0 Å². The van der Waals surface area contributed by atoms with Crippen molar-refractivity contribution < 1.29 is 0 Å². The molecule has 0 bridgehead atoms. The van der Waals surface area contributed by atoms with Crippen LogP contribution >= 0.6 is 11.8 Å². The molecule has 0 unspecified atom stereocenters. The van der Waals surface area contributed by atoms with Crippen molar-refractivity contribution in [3.63, 3.8) is 0 Å². The lowest BCUT2D eigenvalue weighted by molar-refractivity contribution is 1.12. The molecule has 2 aliphatic heterocycles. The maximum Gasteiger partial charge on any atom is 0.249 e. The lowest BCUT2D eigenvalue weighted by atomic mass is 9.35. The zero-order valence-corrected chi connectivity index (χ0v) is 24.2. The predicted octanol–water partition coefficient (Wildman–Crippen LogP) is 7.77. The van der Waals surface area contributed by atoms with E-state index in [-0.39, 0.29) is 6.71 Å². The number of rotatable bonds is 1. The fraction of sp³-hybridized carbons (Fsp3) is 0.0526. The van der Waals surface area contributed by atoms with E-state index in [0.29, 0.717) is 0 Å². The number of aryl methyl sites for hydroxylation is 2. The van der Waals surface area contributed by atoms with E-state index in [1.54, 1.807) is 0 Å². The van der Waals surface area contributed by atoms with Gasteiger partial charge in [-0.2, -0.15) is 0 Å². The van der Waals surface area contributed by atoms with Crippen molar-refractivity contribution in [2.24, 2.45) is 0 Å². The Morgan fingerprint density at radius 2 is 1.38 bits per heavy atom. The van der Waals surface area contributed by atoms with Crippen LogP contribution in [-0.4, -0.2) is 15.7 Å². The number of fused-ring (bicyclic) bond motifs is 11. The highest BCUT2D eigenvalue weighted by Gasteiger charge is 2.41. The molecule has 196 valence electrons. The van der Waals surface area contributed by atoms with Crippen LogP contribution in [0, 0.1) is 13.8 Å². The SMILES string of the molecule is Cc1cc2c3c(c1)-n1c4c(cccc4n4c5ccccc5c(C)c14)B3c1cc(-c3ccccc3)c3ccccc3c1S2. The summed E-state index contributed by atoms with van der Waals surface area (Å²) in [7, 11) is 0. The number of hydrogen-bond donors (Lipinski definition) is 0. The minimum absolute atomic E-state index is 0.168. The Morgan fingerprint density at radius 1 is 0.643 bits per heavy atom. The topological polar surface area (TPSA) is 9.34 Å². The van der Waals surface area contributed by atoms with E-state index in [1.165, 1.54) is 92.5 Å². The van der Waals surface area contributed by atoms with E-state index in [1.807, 2.05) is 11.8 Å². The van der Waals surface area contributed by atoms with Crippen LogP contribution in [0.2, 0.25) is 0 Å². The molecule has 0 spiro atoms. The molecule has 0 fully saturated rings. The first-order chi connectivity index (χ1) is 20.7. The standard InChI is InChI=1S/C38H25BN2S/c1-22-19-33-35-34(20-22)42-37-27-15-7-6-14-26(27)28(24-11-4-3-5-12-24)21-30(37)39(35)29-16-10-18-32-36(29)41(33)38-23(2)25-13-8-9-17-31(25)40(32)38/h3-21H,1-2H3. The van der Waals surface area contributed by atoms with Crippen molar-refractivity contribution in [2.75, 3.05) is 0 Å². The van der Waals surface area contributed by atoms with Crippen LogP contribution in [0.4, 0.5) is 0 Å². The summed E-state index contributed by atoms with van der Waals surface area (Å²) in [6.07, 6.45) is 0. The summed E-state index contributed by atoms with van der Waals surface area (Å²) < 4.78 is 5.08. The molecule has 2 aromatic heterocycles. The molecule has 0 aliphatic carbocycles. The molecule has 0 radical (unpaired) electrons. The van der Waals surface area contributed by atoms with Crippen molar-refractivity contribution in [3.8, 4) is 16.8 Å². The molecular weight excluding hydrogens is 527 g/mol. The third-order valence-electron chi connectivity index (χ3n) is 9.56. The van der Waals surface area contributed by atoms with Gasteiger partial charge in [-0.05, 0) is 76.5 Å². The molecule has 0 amide bonds. The van der Waals surface area contributed by atoms with Gasteiger partial charge >= 0.3 is 0 Å². The summed E-state index contributed by atoms with van der Waals surface area (Å²) in [6.45, 7) is 4.70. The van der Waals surface area contributed by atoms with Crippen LogP contribution in [0.1, 0.15) is 11.1 Å². The summed E-state index contributed by atoms with van der Waals surface area (Å²) in [6, 6.07) is 43.0. The number of imidazole rings is 1. The third-order valence-corrected chi connectivity index (χ3v) is 10.8.